The maximum Gasteiger partial charge on any atom is -0.0181 e. The molecule has 3 aromatic carbocycles. The van der Waals surface area contributed by atoms with Gasteiger partial charge in [-0.2, -0.15) is 0 Å². The first-order chi connectivity index (χ1) is 11.3. The number of rotatable bonds is 1. The van der Waals surface area contributed by atoms with Gasteiger partial charge in [-0.25, -0.2) is 0 Å². The molecule has 3 aromatic rings. The van der Waals surface area contributed by atoms with Crippen LogP contribution in [0.15, 0.2) is 72.8 Å². The van der Waals surface area contributed by atoms with E-state index in [1.807, 2.05) is 33.8 Å². The molecule has 0 bridgehead atoms. The largest absolute Gasteiger partial charge is 0.0776 e. The van der Waals surface area contributed by atoms with E-state index in [0.717, 1.165) is 6.42 Å². The van der Waals surface area contributed by atoms with Crippen LogP contribution >= 0.6 is 0 Å². The number of aryl methyl sites for hydroxylation is 2. The normalized spacial score (nSPS) is 8.25. The van der Waals surface area contributed by atoms with Crippen LogP contribution in [0.4, 0.5) is 0 Å². The van der Waals surface area contributed by atoms with Gasteiger partial charge in [0.05, 0.1) is 0 Å². The standard InChI is InChI=1S/C11H10.C8H10.2C2H6.CH4/c1-9-6-7-10-4-2-3-5-11(10)8-9;1-2-8-6-4-3-5-7-8;2*1-2;/h2-8H,1H3;3-7H,2H2,1H3;2*1-2H3;1H4. The zero-order valence-corrected chi connectivity index (χ0v) is 15.6. The van der Waals surface area contributed by atoms with Crippen molar-refractivity contribution in [1.29, 1.82) is 0 Å². The third-order valence-electron chi connectivity index (χ3n) is 3.16. The fourth-order valence-corrected chi connectivity index (χ4v) is 2.02. The van der Waals surface area contributed by atoms with E-state index in [9.17, 15) is 0 Å². The molecule has 0 heterocycles. The Hall–Kier alpha value is -2.08. The van der Waals surface area contributed by atoms with Crippen molar-refractivity contribution < 1.29 is 0 Å². The van der Waals surface area contributed by atoms with Crippen molar-refractivity contribution in [2.45, 2.75) is 55.4 Å². The van der Waals surface area contributed by atoms with Crippen molar-refractivity contribution in [3.8, 4) is 0 Å². The van der Waals surface area contributed by atoms with Gasteiger partial charge < -0.3 is 0 Å². The molecular formula is C24H36. The Kier molecular flexibility index (Phi) is 15.9. The molecule has 0 aromatic heterocycles. The summed E-state index contributed by atoms with van der Waals surface area (Å²) < 4.78 is 0. The molecule has 0 aliphatic heterocycles. The summed E-state index contributed by atoms with van der Waals surface area (Å²) in [6.07, 6.45) is 1.14. The third-order valence-corrected chi connectivity index (χ3v) is 3.16. The highest BCUT2D eigenvalue weighted by Crippen LogP contribution is 2.14. The quantitative estimate of drug-likeness (QED) is 0.424. The second-order valence-corrected chi connectivity index (χ2v) is 4.69. The molecule has 0 spiro atoms. The first-order valence-corrected chi connectivity index (χ1v) is 8.79. The summed E-state index contributed by atoms with van der Waals surface area (Å²) in [6, 6.07) is 25.4. The minimum absolute atomic E-state index is 0. The highest BCUT2D eigenvalue weighted by molar-refractivity contribution is 5.82. The third kappa shape index (κ3) is 9.15. The molecule has 0 fully saturated rings. The van der Waals surface area contributed by atoms with Crippen LogP contribution in [0, 0.1) is 6.92 Å². The Balaban J connectivity index is 0. The first kappa shape index (κ1) is 24.2. The van der Waals surface area contributed by atoms with E-state index in [4.69, 9.17) is 0 Å². The molecule has 0 nitrogen and oxygen atoms in total. The predicted molar refractivity (Wildman–Crippen MR) is 114 cm³/mol. The Morgan fingerprint density at radius 1 is 0.625 bits per heavy atom. The van der Waals surface area contributed by atoms with Gasteiger partial charge in [0.15, 0.2) is 0 Å². The number of benzene rings is 3. The summed E-state index contributed by atoms with van der Waals surface area (Å²) in [7, 11) is 0. The van der Waals surface area contributed by atoms with Crippen molar-refractivity contribution in [3.05, 3.63) is 83.9 Å². The Labute approximate surface area is 150 Å². The Morgan fingerprint density at radius 3 is 1.62 bits per heavy atom. The van der Waals surface area contributed by atoms with Crippen LogP contribution in [0.3, 0.4) is 0 Å². The van der Waals surface area contributed by atoms with Crippen LogP contribution < -0.4 is 0 Å². The second-order valence-electron chi connectivity index (χ2n) is 4.69. The lowest BCUT2D eigenvalue weighted by molar-refractivity contribution is 1.14. The molecule has 0 saturated carbocycles. The van der Waals surface area contributed by atoms with Gasteiger partial charge in [-0.05, 0) is 29.7 Å². The summed E-state index contributed by atoms with van der Waals surface area (Å²) >= 11 is 0. The molecule has 0 amide bonds. The molecule has 132 valence electrons. The molecule has 0 atom stereocenters. The molecule has 0 radical (unpaired) electrons. The summed E-state index contributed by atoms with van der Waals surface area (Å²) in [6.45, 7) is 12.3. The topological polar surface area (TPSA) is 0 Å². The molecule has 0 N–H and O–H groups in total. The van der Waals surface area contributed by atoms with Crippen molar-refractivity contribution in [1.82, 2.24) is 0 Å². The van der Waals surface area contributed by atoms with Crippen molar-refractivity contribution >= 4 is 10.8 Å². The molecule has 0 saturated heterocycles. The maximum atomic E-state index is 2.20. The molecule has 0 unspecified atom stereocenters. The fraction of sp³-hybridized carbons (Fsp3) is 0.333. The van der Waals surface area contributed by atoms with E-state index < -0.39 is 0 Å². The van der Waals surface area contributed by atoms with Crippen LogP contribution in [0.2, 0.25) is 0 Å². The molecule has 0 aliphatic carbocycles. The summed E-state index contributed by atoms with van der Waals surface area (Å²) in [5.74, 6) is 0. The van der Waals surface area contributed by atoms with Gasteiger partial charge in [-0.15, -0.1) is 0 Å². The molecular weight excluding hydrogens is 288 g/mol. The van der Waals surface area contributed by atoms with Gasteiger partial charge in [0, 0.05) is 0 Å². The summed E-state index contributed by atoms with van der Waals surface area (Å²) in [4.78, 5) is 0. The lowest BCUT2D eigenvalue weighted by atomic mass is 10.1. The molecule has 0 heteroatoms. The van der Waals surface area contributed by atoms with Gasteiger partial charge in [0.1, 0.15) is 0 Å². The highest BCUT2D eigenvalue weighted by atomic mass is 13.9. The van der Waals surface area contributed by atoms with Crippen LogP contribution in [0.5, 0.6) is 0 Å². The van der Waals surface area contributed by atoms with Gasteiger partial charge >= 0.3 is 0 Å². The van der Waals surface area contributed by atoms with Crippen molar-refractivity contribution in [3.63, 3.8) is 0 Å². The minimum Gasteiger partial charge on any atom is -0.0776 e. The van der Waals surface area contributed by atoms with E-state index >= 15 is 0 Å². The smallest absolute Gasteiger partial charge is 0.0181 e. The summed E-state index contributed by atoms with van der Waals surface area (Å²) in [5.41, 5.74) is 2.73. The van der Waals surface area contributed by atoms with Gasteiger partial charge in [0.2, 0.25) is 0 Å². The highest BCUT2D eigenvalue weighted by Gasteiger charge is 1.89. The SMILES string of the molecule is C.CC.CC.CCc1ccccc1.Cc1ccc2ccccc2c1. The minimum atomic E-state index is 0. The number of hydrogen-bond donors (Lipinski definition) is 0. The second kappa shape index (κ2) is 15.8. The number of hydrogen-bond acceptors (Lipinski definition) is 0. The van der Waals surface area contributed by atoms with Crippen LogP contribution in [-0.4, -0.2) is 0 Å². The monoisotopic (exact) mass is 324 g/mol. The zero-order valence-electron chi connectivity index (χ0n) is 15.6. The van der Waals surface area contributed by atoms with Gasteiger partial charge in [-0.1, -0.05) is 120 Å². The summed E-state index contributed by atoms with van der Waals surface area (Å²) in [5, 5.41) is 2.64. The van der Waals surface area contributed by atoms with Crippen LogP contribution in [0.25, 0.3) is 10.8 Å². The average Bonchev–Trinajstić information content (AvgIpc) is 2.66. The zero-order chi connectivity index (χ0) is 17.5. The van der Waals surface area contributed by atoms with Gasteiger partial charge in [0.25, 0.3) is 0 Å². The van der Waals surface area contributed by atoms with E-state index in [-0.39, 0.29) is 7.43 Å². The van der Waals surface area contributed by atoms with E-state index in [0.29, 0.717) is 0 Å². The van der Waals surface area contributed by atoms with Crippen molar-refractivity contribution in [2.24, 2.45) is 0 Å². The molecule has 24 heavy (non-hydrogen) atoms. The van der Waals surface area contributed by atoms with Gasteiger partial charge in [-0.3, -0.25) is 0 Å². The van der Waals surface area contributed by atoms with E-state index in [2.05, 4.69) is 80.6 Å². The average molecular weight is 325 g/mol. The predicted octanol–water partition coefficient (Wildman–Crippen LogP) is 8.09. The number of fused-ring (bicyclic) bond motifs is 1. The van der Waals surface area contributed by atoms with Crippen LogP contribution in [-0.2, 0) is 6.42 Å². The Bertz CT molecular complexity index is 624. The van der Waals surface area contributed by atoms with Crippen LogP contribution in [0.1, 0.15) is 53.2 Å². The molecule has 0 aliphatic rings. The van der Waals surface area contributed by atoms with E-state index in [1.165, 1.54) is 21.9 Å². The first-order valence-electron chi connectivity index (χ1n) is 8.79. The molecule has 3 rings (SSSR count). The maximum absolute atomic E-state index is 2.20. The lowest BCUT2D eigenvalue weighted by Gasteiger charge is -1.96. The van der Waals surface area contributed by atoms with Crippen molar-refractivity contribution in [2.75, 3.05) is 0 Å². The lowest BCUT2D eigenvalue weighted by Crippen LogP contribution is -1.73. The fourth-order valence-electron chi connectivity index (χ4n) is 2.02. The Morgan fingerprint density at radius 2 is 1.12 bits per heavy atom. The van der Waals surface area contributed by atoms with E-state index in [1.54, 1.807) is 0 Å².